The maximum atomic E-state index is 12.7. The summed E-state index contributed by atoms with van der Waals surface area (Å²) in [4.78, 5) is 0. The average molecular weight is 229 g/mol. The molecule has 0 unspecified atom stereocenters. The second-order valence-electron chi connectivity index (χ2n) is 3.72. The van der Waals surface area contributed by atoms with Crippen molar-refractivity contribution in [3.8, 4) is 0 Å². The second-order valence-corrected chi connectivity index (χ2v) is 3.72. The molecule has 0 radical (unpaired) electrons. The van der Waals surface area contributed by atoms with Gasteiger partial charge < -0.3 is 5.73 Å². The normalized spacial score (nSPS) is 10.9. The van der Waals surface area contributed by atoms with Gasteiger partial charge in [0.1, 0.15) is 5.82 Å². The van der Waals surface area contributed by atoms with Gasteiger partial charge in [-0.1, -0.05) is 0 Å². The number of rotatable bonds is 2. The van der Waals surface area contributed by atoms with Crippen LogP contribution in [0.3, 0.4) is 0 Å². The van der Waals surface area contributed by atoms with Gasteiger partial charge in [0.2, 0.25) is 0 Å². The largest absolute Gasteiger partial charge is 0.399 e. The van der Waals surface area contributed by atoms with Crippen LogP contribution >= 0.6 is 0 Å². The van der Waals surface area contributed by atoms with E-state index in [1.165, 1.54) is 12.1 Å². The van der Waals surface area contributed by atoms with E-state index >= 15 is 0 Å². The van der Waals surface area contributed by atoms with E-state index in [2.05, 4.69) is 10.2 Å². The van der Waals surface area contributed by atoms with E-state index in [9.17, 15) is 4.39 Å². The number of benzene rings is 2. The predicted octanol–water partition coefficient (Wildman–Crippen LogP) is 4.13. The van der Waals surface area contributed by atoms with E-state index in [4.69, 9.17) is 5.73 Å². The van der Waals surface area contributed by atoms with Gasteiger partial charge >= 0.3 is 0 Å². The SMILES string of the molecule is Cc1cc(N)ccc1/N=N/c1ccc(F)cc1. The molecule has 0 aromatic heterocycles. The smallest absolute Gasteiger partial charge is 0.123 e. The van der Waals surface area contributed by atoms with Gasteiger partial charge in [-0.15, -0.1) is 0 Å². The van der Waals surface area contributed by atoms with Crippen LogP contribution in [-0.2, 0) is 0 Å². The van der Waals surface area contributed by atoms with E-state index in [0.29, 0.717) is 11.4 Å². The standard InChI is InChI=1S/C13H12FN3/c1-9-8-11(15)4-7-13(9)17-16-12-5-2-10(14)3-6-12/h2-8H,15H2,1H3/b17-16+. The number of halogens is 1. The summed E-state index contributed by atoms with van der Waals surface area (Å²) in [6, 6.07) is 11.3. The van der Waals surface area contributed by atoms with Gasteiger partial charge in [-0.2, -0.15) is 10.2 Å². The van der Waals surface area contributed by atoms with E-state index < -0.39 is 0 Å². The number of nitrogens with zero attached hydrogens (tertiary/aromatic N) is 2. The fourth-order valence-corrected chi connectivity index (χ4v) is 1.41. The molecule has 0 aliphatic heterocycles. The van der Waals surface area contributed by atoms with Crippen molar-refractivity contribution in [1.29, 1.82) is 0 Å². The van der Waals surface area contributed by atoms with Gasteiger partial charge in [-0.3, -0.25) is 0 Å². The van der Waals surface area contributed by atoms with Gasteiger partial charge in [-0.25, -0.2) is 4.39 Å². The lowest BCUT2D eigenvalue weighted by Crippen LogP contribution is -1.84. The topological polar surface area (TPSA) is 50.7 Å². The lowest BCUT2D eigenvalue weighted by Gasteiger charge is -1.99. The monoisotopic (exact) mass is 229 g/mol. The first-order chi connectivity index (χ1) is 8.15. The van der Waals surface area contributed by atoms with Crippen LogP contribution in [0.15, 0.2) is 52.7 Å². The second kappa shape index (κ2) is 4.74. The highest BCUT2D eigenvalue weighted by Gasteiger charge is 1.97. The molecule has 0 amide bonds. The van der Waals surface area contributed by atoms with Crippen molar-refractivity contribution in [2.45, 2.75) is 6.92 Å². The Labute approximate surface area is 98.8 Å². The van der Waals surface area contributed by atoms with Crippen LogP contribution in [0.5, 0.6) is 0 Å². The van der Waals surface area contributed by atoms with Crippen LogP contribution < -0.4 is 5.73 Å². The summed E-state index contributed by atoms with van der Waals surface area (Å²) >= 11 is 0. The first-order valence-electron chi connectivity index (χ1n) is 5.18. The van der Waals surface area contributed by atoms with Crippen LogP contribution in [-0.4, -0.2) is 0 Å². The summed E-state index contributed by atoms with van der Waals surface area (Å²) in [6.07, 6.45) is 0. The Balaban J connectivity index is 2.23. The fourth-order valence-electron chi connectivity index (χ4n) is 1.41. The zero-order valence-electron chi connectivity index (χ0n) is 9.39. The van der Waals surface area contributed by atoms with Crippen LogP contribution in [0.1, 0.15) is 5.56 Å². The predicted molar refractivity (Wildman–Crippen MR) is 66.2 cm³/mol. The van der Waals surface area contributed by atoms with Gasteiger partial charge in [-0.05, 0) is 55.0 Å². The number of aryl methyl sites for hydroxylation is 1. The Morgan fingerprint density at radius 1 is 1.00 bits per heavy atom. The summed E-state index contributed by atoms with van der Waals surface area (Å²) in [6.45, 7) is 1.91. The summed E-state index contributed by atoms with van der Waals surface area (Å²) in [5, 5.41) is 8.12. The fraction of sp³-hybridized carbons (Fsp3) is 0.0769. The third-order valence-corrected chi connectivity index (χ3v) is 2.32. The number of nitrogen functional groups attached to an aromatic ring is 1. The highest BCUT2D eigenvalue weighted by Crippen LogP contribution is 2.23. The summed E-state index contributed by atoms with van der Waals surface area (Å²) in [7, 11) is 0. The molecule has 86 valence electrons. The molecule has 3 nitrogen and oxygen atoms in total. The number of hydrogen-bond acceptors (Lipinski definition) is 3. The minimum absolute atomic E-state index is 0.285. The zero-order chi connectivity index (χ0) is 12.3. The molecule has 0 atom stereocenters. The number of anilines is 1. The third kappa shape index (κ3) is 2.87. The van der Waals surface area contributed by atoms with Gasteiger partial charge in [0.25, 0.3) is 0 Å². The highest BCUT2D eigenvalue weighted by atomic mass is 19.1. The van der Waals surface area contributed by atoms with Crippen molar-refractivity contribution in [2.75, 3.05) is 5.73 Å². The lowest BCUT2D eigenvalue weighted by atomic mass is 10.2. The molecule has 0 saturated carbocycles. The van der Waals surface area contributed by atoms with Crippen LogP contribution in [0.4, 0.5) is 21.5 Å². The van der Waals surface area contributed by atoms with Crippen molar-refractivity contribution < 1.29 is 4.39 Å². The van der Waals surface area contributed by atoms with Crippen molar-refractivity contribution in [3.63, 3.8) is 0 Å². The molecule has 0 spiro atoms. The molecule has 0 saturated heterocycles. The Bertz CT molecular complexity index is 547. The molecular weight excluding hydrogens is 217 g/mol. The Morgan fingerprint density at radius 3 is 2.35 bits per heavy atom. The molecule has 2 aromatic carbocycles. The first-order valence-corrected chi connectivity index (χ1v) is 5.18. The van der Waals surface area contributed by atoms with Crippen molar-refractivity contribution in [3.05, 3.63) is 53.8 Å². The molecule has 2 rings (SSSR count). The Kier molecular flexibility index (Phi) is 3.14. The molecule has 0 aliphatic carbocycles. The lowest BCUT2D eigenvalue weighted by molar-refractivity contribution is 0.628. The molecule has 0 heterocycles. The number of nitrogens with two attached hydrogens (primary N) is 1. The van der Waals surface area contributed by atoms with E-state index in [1.54, 1.807) is 24.3 Å². The van der Waals surface area contributed by atoms with Gasteiger partial charge in [0, 0.05) is 5.69 Å². The summed E-state index contributed by atoms with van der Waals surface area (Å²) in [5.74, 6) is -0.285. The Hall–Kier alpha value is -2.23. The molecular formula is C13H12FN3. The summed E-state index contributed by atoms with van der Waals surface area (Å²) in [5.41, 5.74) is 8.66. The van der Waals surface area contributed by atoms with Crippen LogP contribution in [0, 0.1) is 12.7 Å². The molecule has 17 heavy (non-hydrogen) atoms. The van der Waals surface area contributed by atoms with Gasteiger partial charge in [0.05, 0.1) is 11.4 Å². The quantitative estimate of drug-likeness (QED) is 0.610. The van der Waals surface area contributed by atoms with Crippen molar-refractivity contribution >= 4 is 17.1 Å². The zero-order valence-corrected chi connectivity index (χ0v) is 9.39. The molecule has 2 aromatic rings. The van der Waals surface area contributed by atoms with Crippen LogP contribution in [0.2, 0.25) is 0 Å². The van der Waals surface area contributed by atoms with Crippen molar-refractivity contribution in [1.82, 2.24) is 0 Å². The minimum atomic E-state index is -0.285. The van der Waals surface area contributed by atoms with Gasteiger partial charge in [0.15, 0.2) is 0 Å². The van der Waals surface area contributed by atoms with Crippen LogP contribution in [0.25, 0.3) is 0 Å². The molecule has 4 heteroatoms. The molecule has 2 N–H and O–H groups in total. The maximum Gasteiger partial charge on any atom is 0.123 e. The third-order valence-electron chi connectivity index (χ3n) is 2.32. The minimum Gasteiger partial charge on any atom is -0.399 e. The molecule has 0 aliphatic rings. The molecule has 0 fully saturated rings. The highest BCUT2D eigenvalue weighted by molar-refractivity contribution is 5.54. The van der Waals surface area contributed by atoms with Crippen molar-refractivity contribution in [2.24, 2.45) is 10.2 Å². The van der Waals surface area contributed by atoms with E-state index in [-0.39, 0.29) is 5.82 Å². The Morgan fingerprint density at radius 2 is 1.71 bits per heavy atom. The van der Waals surface area contributed by atoms with E-state index in [1.807, 2.05) is 13.0 Å². The van der Waals surface area contributed by atoms with E-state index in [0.717, 1.165) is 11.3 Å². The average Bonchev–Trinajstić information content (AvgIpc) is 2.30. The molecule has 0 bridgehead atoms. The maximum absolute atomic E-state index is 12.7. The summed E-state index contributed by atoms with van der Waals surface area (Å²) < 4.78 is 12.7. The number of hydrogen-bond donors (Lipinski definition) is 1. The number of azo groups is 1. The first kappa shape index (κ1) is 11.3.